The molecule has 3 aromatic heterocycles. The summed E-state index contributed by atoms with van der Waals surface area (Å²) in [5, 5.41) is 2.25. The van der Waals surface area contributed by atoms with Crippen LogP contribution >= 0.6 is 0 Å². The molecule has 3 nitrogen and oxygen atoms in total. The first-order valence-corrected chi connectivity index (χ1v) is 7.81. The van der Waals surface area contributed by atoms with E-state index in [9.17, 15) is 0 Å². The molecule has 0 aliphatic heterocycles. The Kier molecular flexibility index (Phi) is 2.98. The molecule has 0 aliphatic carbocycles. The van der Waals surface area contributed by atoms with Gasteiger partial charge in [-0.05, 0) is 50.1 Å². The molecule has 23 heavy (non-hydrogen) atoms. The second kappa shape index (κ2) is 4.92. The average Bonchev–Trinajstić information content (AvgIpc) is 2.87. The van der Waals surface area contributed by atoms with Gasteiger partial charge in [-0.15, -0.1) is 0 Å². The van der Waals surface area contributed by atoms with Crippen molar-refractivity contribution in [2.45, 2.75) is 20.8 Å². The molecule has 0 amide bonds. The number of aromatic nitrogens is 2. The van der Waals surface area contributed by atoms with Gasteiger partial charge in [0.05, 0.1) is 5.56 Å². The number of fused-ring (bicyclic) bond motifs is 3. The predicted molar refractivity (Wildman–Crippen MR) is 92.3 cm³/mol. The van der Waals surface area contributed by atoms with E-state index in [2.05, 4.69) is 60.9 Å². The fourth-order valence-electron chi connectivity index (χ4n) is 3.39. The molecule has 0 saturated heterocycles. The Bertz CT molecular complexity index is 1060. The van der Waals surface area contributed by atoms with Crippen LogP contribution in [-0.2, 0) is 7.05 Å². The standard InChI is InChI=1S/C20H19N2O/c1-12-11-13(2)18(16-7-5-6-10-22(16)4)19-17(12)15-9-8-14(3)21-20(15)23-19/h5-11H,1-4H3/q+1. The number of benzene rings is 1. The van der Waals surface area contributed by atoms with Crippen molar-refractivity contribution in [2.75, 3.05) is 0 Å². The van der Waals surface area contributed by atoms with Crippen molar-refractivity contribution in [1.82, 2.24) is 4.98 Å². The first-order chi connectivity index (χ1) is 11.1. The molecule has 3 heterocycles. The van der Waals surface area contributed by atoms with Gasteiger partial charge in [-0.2, -0.15) is 0 Å². The molecule has 0 bridgehead atoms. The molecule has 4 rings (SSSR count). The maximum atomic E-state index is 6.21. The lowest BCUT2D eigenvalue weighted by atomic mass is 9.97. The number of hydrogen-bond acceptors (Lipinski definition) is 2. The van der Waals surface area contributed by atoms with Crippen molar-refractivity contribution >= 4 is 22.1 Å². The number of nitrogens with zero attached hydrogens (tertiary/aromatic N) is 2. The van der Waals surface area contributed by atoms with E-state index in [1.165, 1.54) is 11.1 Å². The lowest BCUT2D eigenvalue weighted by Gasteiger charge is -2.07. The minimum atomic E-state index is 0.716. The molecule has 0 unspecified atom stereocenters. The minimum absolute atomic E-state index is 0.716. The van der Waals surface area contributed by atoms with Crippen LogP contribution in [0.3, 0.4) is 0 Å². The molecule has 0 fully saturated rings. The summed E-state index contributed by atoms with van der Waals surface area (Å²) in [5.74, 6) is 0. The van der Waals surface area contributed by atoms with Crippen molar-refractivity contribution in [2.24, 2.45) is 7.05 Å². The van der Waals surface area contributed by atoms with Gasteiger partial charge in [0.2, 0.25) is 11.4 Å². The third-order valence-electron chi connectivity index (χ3n) is 4.45. The molecule has 0 spiro atoms. The summed E-state index contributed by atoms with van der Waals surface area (Å²) in [5.41, 5.74) is 7.34. The molecule has 0 aliphatic rings. The monoisotopic (exact) mass is 303 g/mol. The molecule has 4 aromatic rings. The molecular formula is C20H19N2O+. The van der Waals surface area contributed by atoms with E-state index in [4.69, 9.17) is 4.42 Å². The van der Waals surface area contributed by atoms with Crippen LogP contribution in [0, 0.1) is 20.8 Å². The van der Waals surface area contributed by atoms with Crippen LogP contribution < -0.4 is 4.57 Å². The van der Waals surface area contributed by atoms with Crippen LogP contribution in [0.25, 0.3) is 33.3 Å². The first kappa shape index (κ1) is 13.9. The Morgan fingerprint density at radius 2 is 1.83 bits per heavy atom. The van der Waals surface area contributed by atoms with E-state index in [1.807, 2.05) is 19.1 Å². The SMILES string of the molecule is Cc1ccc2c(n1)oc1c(-c3cccc[n+]3C)c(C)cc(C)c12. The Morgan fingerprint density at radius 3 is 2.61 bits per heavy atom. The molecular weight excluding hydrogens is 284 g/mol. The van der Waals surface area contributed by atoms with Gasteiger partial charge >= 0.3 is 0 Å². The topological polar surface area (TPSA) is 29.9 Å². The summed E-state index contributed by atoms with van der Waals surface area (Å²) in [6, 6.07) is 12.6. The molecule has 0 N–H and O–H groups in total. The zero-order chi connectivity index (χ0) is 16.1. The van der Waals surface area contributed by atoms with Gasteiger partial charge in [0, 0.05) is 28.6 Å². The van der Waals surface area contributed by atoms with Crippen molar-refractivity contribution in [1.29, 1.82) is 0 Å². The van der Waals surface area contributed by atoms with Crippen LogP contribution in [0.2, 0.25) is 0 Å². The predicted octanol–water partition coefficient (Wildman–Crippen LogP) is 4.40. The molecule has 0 saturated carbocycles. The van der Waals surface area contributed by atoms with Gasteiger partial charge in [0.15, 0.2) is 11.8 Å². The van der Waals surface area contributed by atoms with E-state index in [1.54, 1.807) is 0 Å². The highest BCUT2D eigenvalue weighted by atomic mass is 16.3. The second-order valence-electron chi connectivity index (χ2n) is 6.19. The van der Waals surface area contributed by atoms with Crippen LogP contribution in [0.1, 0.15) is 16.8 Å². The Hall–Kier alpha value is -2.68. The second-order valence-corrected chi connectivity index (χ2v) is 6.19. The highest BCUT2D eigenvalue weighted by Gasteiger charge is 2.22. The van der Waals surface area contributed by atoms with E-state index in [0.29, 0.717) is 5.71 Å². The maximum Gasteiger partial charge on any atom is 0.227 e. The molecule has 3 heteroatoms. The quantitative estimate of drug-likeness (QED) is 0.488. The number of rotatable bonds is 1. The number of furan rings is 1. The summed E-state index contributed by atoms with van der Waals surface area (Å²) in [6.07, 6.45) is 2.06. The van der Waals surface area contributed by atoms with Gasteiger partial charge in [0.25, 0.3) is 0 Å². The highest BCUT2D eigenvalue weighted by Crippen LogP contribution is 2.38. The molecule has 114 valence electrons. The zero-order valence-electron chi connectivity index (χ0n) is 13.8. The third-order valence-corrected chi connectivity index (χ3v) is 4.45. The van der Waals surface area contributed by atoms with Gasteiger partial charge < -0.3 is 4.42 Å². The minimum Gasteiger partial charge on any atom is -0.437 e. The van der Waals surface area contributed by atoms with E-state index in [0.717, 1.165) is 33.3 Å². The van der Waals surface area contributed by atoms with Crippen molar-refractivity contribution < 1.29 is 8.98 Å². The molecule has 0 radical (unpaired) electrons. The summed E-state index contributed by atoms with van der Waals surface area (Å²) in [6.45, 7) is 6.27. The number of aryl methyl sites for hydroxylation is 4. The van der Waals surface area contributed by atoms with Crippen molar-refractivity contribution in [3.63, 3.8) is 0 Å². The van der Waals surface area contributed by atoms with Crippen LogP contribution in [0.15, 0.2) is 47.0 Å². The Morgan fingerprint density at radius 1 is 1.00 bits per heavy atom. The van der Waals surface area contributed by atoms with Gasteiger partial charge in [0.1, 0.15) is 7.05 Å². The summed E-state index contributed by atoms with van der Waals surface area (Å²) >= 11 is 0. The lowest BCUT2D eigenvalue weighted by Crippen LogP contribution is -2.30. The van der Waals surface area contributed by atoms with Gasteiger partial charge in [-0.1, -0.05) is 6.07 Å². The number of pyridine rings is 2. The maximum absolute atomic E-state index is 6.21. The summed E-state index contributed by atoms with van der Waals surface area (Å²) in [4.78, 5) is 4.57. The first-order valence-electron chi connectivity index (χ1n) is 7.81. The van der Waals surface area contributed by atoms with Crippen LogP contribution in [0.5, 0.6) is 0 Å². The summed E-state index contributed by atoms with van der Waals surface area (Å²) < 4.78 is 8.34. The van der Waals surface area contributed by atoms with Gasteiger partial charge in [-0.3, -0.25) is 0 Å². The molecule has 1 aromatic carbocycles. The number of hydrogen-bond donors (Lipinski definition) is 0. The van der Waals surface area contributed by atoms with E-state index >= 15 is 0 Å². The molecule has 0 atom stereocenters. The van der Waals surface area contributed by atoms with Crippen molar-refractivity contribution in [3.05, 3.63) is 59.4 Å². The van der Waals surface area contributed by atoms with Crippen molar-refractivity contribution in [3.8, 4) is 11.3 Å². The van der Waals surface area contributed by atoms with Gasteiger partial charge in [-0.25, -0.2) is 9.55 Å². The fourth-order valence-corrected chi connectivity index (χ4v) is 3.39. The Balaban J connectivity index is 2.20. The zero-order valence-corrected chi connectivity index (χ0v) is 13.8. The normalized spacial score (nSPS) is 11.5. The summed E-state index contributed by atoms with van der Waals surface area (Å²) in [7, 11) is 2.06. The fraction of sp³-hybridized carbons (Fsp3) is 0.200. The van der Waals surface area contributed by atoms with E-state index in [-0.39, 0.29) is 0 Å². The largest absolute Gasteiger partial charge is 0.437 e. The van der Waals surface area contributed by atoms with Crippen LogP contribution in [-0.4, -0.2) is 4.98 Å². The third kappa shape index (κ3) is 2.04. The smallest absolute Gasteiger partial charge is 0.227 e. The van der Waals surface area contributed by atoms with Crippen LogP contribution in [0.4, 0.5) is 0 Å². The average molecular weight is 303 g/mol. The Labute approximate surface area is 135 Å². The highest BCUT2D eigenvalue weighted by molar-refractivity contribution is 6.10. The van der Waals surface area contributed by atoms with E-state index < -0.39 is 0 Å². The lowest BCUT2D eigenvalue weighted by molar-refractivity contribution is -0.660.